The highest BCUT2D eigenvalue weighted by atomic mass is 79.9. The van der Waals surface area contributed by atoms with Gasteiger partial charge in [-0.05, 0) is 102 Å². The molecule has 6 aromatic heterocycles. The summed E-state index contributed by atoms with van der Waals surface area (Å²) in [5, 5.41) is 9.36. The monoisotopic (exact) mass is 696 g/mol. The van der Waals surface area contributed by atoms with Crippen molar-refractivity contribution < 1.29 is 9.59 Å². The van der Waals surface area contributed by atoms with E-state index in [4.69, 9.17) is 11.6 Å². The first-order valence-corrected chi connectivity index (χ1v) is 16.2. The standard InChI is InChI=1S/C17H15BrN4O.C17H15ClN4O/c2*1-11-16-12(3-2-7-19-16)6-8-21(11)17(23)15-9-14-5-4-13(18)10-22(14)20-15/h2*2-5,7,9-11H,6,8H2,1H3. The molecule has 10 nitrogen and oxygen atoms in total. The zero-order chi connectivity index (χ0) is 31.9. The van der Waals surface area contributed by atoms with Gasteiger partial charge in [0.05, 0.1) is 39.5 Å². The fourth-order valence-electron chi connectivity index (χ4n) is 6.22. The predicted octanol–water partition coefficient (Wildman–Crippen LogP) is 6.39. The second-order valence-corrected chi connectivity index (χ2v) is 12.8. The highest BCUT2D eigenvalue weighted by molar-refractivity contribution is 9.10. The Morgan fingerprint density at radius 3 is 1.78 bits per heavy atom. The van der Waals surface area contributed by atoms with E-state index in [1.807, 2.05) is 66.2 Å². The first kappa shape index (κ1) is 30.1. The molecule has 2 amide bonds. The molecule has 0 N–H and O–H groups in total. The summed E-state index contributed by atoms with van der Waals surface area (Å²) in [6.07, 6.45) is 8.76. The van der Waals surface area contributed by atoms with Crippen molar-refractivity contribution in [2.24, 2.45) is 0 Å². The minimum Gasteiger partial charge on any atom is -0.329 e. The maximum atomic E-state index is 12.9. The van der Waals surface area contributed by atoms with Crippen LogP contribution in [0.4, 0.5) is 0 Å². The Morgan fingerprint density at radius 1 is 0.739 bits per heavy atom. The van der Waals surface area contributed by atoms with Gasteiger partial charge in [-0.15, -0.1) is 0 Å². The Balaban J connectivity index is 0.000000147. The van der Waals surface area contributed by atoms with E-state index >= 15 is 0 Å². The molecule has 0 saturated carbocycles. The van der Waals surface area contributed by atoms with Crippen molar-refractivity contribution in [3.8, 4) is 0 Å². The third-order valence-electron chi connectivity index (χ3n) is 8.63. The van der Waals surface area contributed by atoms with E-state index < -0.39 is 0 Å². The molecule has 2 unspecified atom stereocenters. The molecule has 0 bridgehead atoms. The molecule has 8 heterocycles. The molecule has 6 aromatic rings. The number of aromatic nitrogens is 6. The van der Waals surface area contributed by atoms with Crippen molar-refractivity contribution in [2.75, 3.05) is 13.1 Å². The van der Waals surface area contributed by atoms with Gasteiger partial charge < -0.3 is 9.80 Å². The molecule has 12 heteroatoms. The van der Waals surface area contributed by atoms with Gasteiger partial charge in [0.1, 0.15) is 0 Å². The number of pyridine rings is 4. The van der Waals surface area contributed by atoms with Crippen molar-refractivity contribution in [1.29, 1.82) is 0 Å². The largest absolute Gasteiger partial charge is 0.329 e. The van der Waals surface area contributed by atoms with Crippen LogP contribution in [0.1, 0.15) is 69.4 Å². The number of halogens is 2. The highest BCUT2D eigenvalue weighted by Crippen LogP contribution is 2.30. The van der Waals surface area contributed by atoms with Crippen LogP contribution in [0.2, 0.25) is 5.02 Å². The molecule has 8 rings (SSSR count). The van der Waals surface area contributed by atoms with Crippen molar-refractivity contribution in [2.45, 2.75) is 38.8 Å². The summed E-state index contributed by atoms with van der Waals surface area (Å²) >= 11 is 9.39. The lowest BCUT2D eigenvalue weighted by molar-refractivity contribution is 0.0659. The average molecular weight is 698 g/mol. The van der Waals surface area contributed by atoms with E-state index in [2.05, 4.69) is 48.2 Å². The summed E-state index contributed by atoms with van der Waals surface area (Å²) < 4.78 is 4.28. The summed E-state index contributed by atoms with van der Waals surface area (Å²) in [5.41, 5.74) is 7.04. The number of carbonyl (C=O) groups excluding carboxylic acids is 2. The maximum absolute atomic E-state index is 12.9. The fraction of sp³-hybridized carbons (Fsp3) is 0.235. The van der Waals surface area contributed by atoms with Crippen molar-refractivity contribution in [3.05, 3.63) is 129 Å². The number of nitrogens with zero attached hydrogens (tertiary/aromatic N) is 8. The van der Waals surface area contributed by atoms with Gasteiger partial charge in [0.25, 0.3) is 11.8 Å². The van der Waals surface area contributed by atoms with Crippen LogP contribution in [0.3, 0.4) is 0 Å². The molecule has 46 heavy (non-hydrogen) atoms. The first-order valence-electron chi connectivity index (χ1n) is 15.1. The van der Waals surface area contributed by atoms with Gasteiger partial charge >= 0.3 is 0 Å². The Bertz CT molecular complexity index is 1960. The third-order valence-corrected chi connectivity index (χ3v) is 9.32. The van der Waals surface area contributed by atoms with Gasteiger partial charge in [-0.25, -0.2) is 9.03 Å². The lowest BCUT2D eigenvalue weighted by Crippen LogP contribution is -2.39. The van der Waals surface area contributed by atoms with Gasteiger partial charge in [0, 0.05) is 42.3 Å². The van der Waals surface area contributed by atoms with Gasteiger partial charge in [0.2, 0.25) is 0 Å². The van der Waals surface area contributed by atoms with Crippen LogP contribution >= 0.6 is 27.5 Å². The van der Waals surface area contributed by atoms with E-state index in [1.54, 1.807) is 39.8 Å². The molecule has 2 aliphatic rings. The molecular weight excluding hydrogens is 668 g/mol. The zero-order valence-electron chi connectivity index (χ0n) is 25.2. The van der Waals surface area contributed by atoms with Crippen LogP contribution in [0, 0.1) is 0 Å². The molecule has 0 aromatic carbocycles. The minimum atomic E-state index is -0.0753. The Morgan fingerprint density at radius 2 is 1.24 bits per heavy atom. The van der Waals surface area contributed by atoms with Crippen LogP contribution < -0.4 is 0 Å². The number of rotatable bonds is 2. The summed E-state index contributed by atoms with van der Waals surface area (Å²) in [6, 6.07) is 19.1. The second-order valence-electron chi connectivity index (χ2n) is 11.4. The van der Waals surface area contributed by atoms with Gasteiger partial charge in [0.15, 0.2) is 11.4 Å². The average Bonchev–Trinajstić information content (AvgIpc) is 3.69. The summed E-state index contributed by atoms with van der Waals surface area (Å²) in [4.78, 5) is 38.3. The van der Waals surface area contributed by atoms with Gasteiger partial charge in [-0.2, -0.15) is 10.2 Å². The number of amides is 2. The second kappa shape index (κ2) is 12.3. The molecule has 0 radical (unpaired) electrons. The third kappa shape index (κ3) is 5.65. The Kier molecular flexibility index (Phi) is 8.04. The van der Waals surface area contributed by atoms with Gasteiger partial charge in [-0.3, -0.25) is 19.6 Å². The molecule has 0 fully saturated rings. The fourth-order valence-corrected chi connectivity index (χ4v) is 6.70. The van der Waals surface area contributed by atoms with E-state index in [0.29, 0.717) is 29.5 Å². The van der Waals surface area contributed by atoms with E-state index in [9.17, 15) is 9.59 Å². The molecule has 2 aliphatic heterocycles. The molecule has 2 atom stereocenters. The van der Waals surface area contributed by atoms with Crippen LogP contribution in [-0.2, 0) is 12.8 Å². The highest BCUT2D eigenvalue weighted by Gasteiger charge is 2.31. The topological polar surface area (TPSA) is 101 Å². The smallest absolute Gasteiger partial charge is 0.274 e. The van der Waals surface area contributed by atoms with Gasteiger partial charge in [-0.1, -0.05) is 23.7 Å². The quantitative estimate of drug-likeness (QED) is 0.208. The van der Waals surface area contributed by atoms with E-state index in [1.165, 1.54) is 11.1 Å². The SMILES string of the molecule is CC1c2ncccc2CCN1C(=O)c1cc2ccc(Br)cn2n1.CC1c2ncccc2CCN1C(=O)c1cc2ccc(Cl)cn2n1. The number of hydrogen-bond donors (Lipinski definition) is 0. The van der Waals surface area contributed by atoms with Crippen molar-refractivity contribution >= 4 is 50.4 Å². The Hall–Kier alpha value is -4.61. The number of fused-ring (bicyclic) bond motifs is 4. The summed E-state index contributed by atoms with van der Waals surface area (Å²) in [6.45, 7) is 5.40. The predicted molar refractivity (Wildman–Crippen MR) is 178 cm³/mol. The Labute approximate surface area is 278 Å². The first-order chi connectivity index (χ1) is 22.3. The molecule has 0 spiro atoms. The van der Waals surface area contributed by atoms with E-state index in [0.717, 1.165) is 39.7 Å². The summed E-state index contributed by atoms with van der Waals surface area (Å²) in [5.74, 6) is -0.123. The van der Waals surface area contributed by atoms with Crippen LogP contribution in [-0.4, -0.2) is 63.9 Å². The molecular formula is C34H30BrClN8O2. The summed E-state index contributed by atoms with van der Waals surface area (Å²) in [7, 11) is 0. The molecule has 0 saturated heterocycles. The molecule has 0 aliphatic carbocycles. The van der Waals surface area contributed by atoms with Crippen molar-refractivity contribution in [3.63, 3.8) is 0 Å². The van der Waals surface area contributed by atoms with Crippen LogP contribution in [0.15, 0.2) is 89.9 Å². The minimum absolute atomic E-state index is 0.0380. The lowest BCUT2D eigenvalue weighted by atomic mass is 9.98. The number of carbonyl (C=O) groups is 2. The van der Waals surface area contributed by atoms with Crippen LogP contribution in [0.25, 0.3) is 11.0 Å². The number of hydrogen-bond acceptors (Lipinski definition) is 6. The maximum Gasteiger partial charge on any atom is 0.274 e. The normalized spacial score (nSPS) is 17.3. The molecule has 232 valence electrons. The van der Waals surface area contributed by atoms with E-state index in [-0.39, 0.29) is 23.9 Å². The van der Waals surface area contributed by atoms with Crippen molar-refractivity contribution in [1.82, 2.24) is 39.0 Å². The van der Waals surface area contributed by atoms with Crippen LogP contribution in [0.5, 0.6) is 0 Å². The lowest BCUT2D eigenvalue weighted by Gasteiger charge is -2.33. The zero-order valence-corrected chi connectivity index (χ0v) is 27.6.